The van der Waals surface area contributed by atoms with Crippen LogP contribution in [-0.2, 0) is 11.2 Å². The van der Waals surface area contributed by atoms with Crippen LogP contribution in [-0.4, -0.2) is 30.9 Å². The summed E-state index contributed by atoms with van der Waals surface area (Å²) in [6.45, 7) is 0.0240. The Kier molecular flexibility index (Phi) is 7.29. The summed E-state index contributed by atoms with van der Waals surface area (Å²) in [6, 6.07) is 20.2. The van der Waals surface area contributed by atoms with Crippen molar-refractivity contribution in [3.63, 3.8) is 0 Å². The molecule has 0 unspecified atom stereocenters. The van der Waals surface area contributed by atoms with E-state index in [1.165, 1.54) is 6.21 Å². The molecule has 154 valence electrons. The Labute approximate surface area is 180 Å². The lowest BCUT2D eigenvalue weighted by molar-refractivity contribution is -0.119. The summed E-state index contributed by atoms with van der Waals surface area (Å²) >= 11 is 6.22. The Balaban J connectivity index is 1.59. The van der Waals surface area contributed by atoms with Gasteiger partial charge in [-0.15, -0.1) is 0 Å². The number of anilines is 1. The van der Waals surface area contributed by atoms with E-state index in [2.05, 4.69) is 15.8 Å². The number of para-hydroxylation sites is 2. The van der Waals surface area contributed by atoms with Crippen molar-refractivity contribution in [2.45, 2.75) is 6.42 Å². The fraction of sp³-hybridized carbons (Fsp3) is 0.130. The topological polar surface area (TPSA) is 83.0 Å². The minimum Gasteiger partial charge on any atom is -0.507 e. The number of carbonyl (C=O) groups excluding carboxylic acids is 1. The zero-order valence-corrected chi connectivity index (χ0v) is 17.2. The van der Waals surface area contributed by atoms with E-state index in [9.17, 15) is 9.90 Å². The lowest BCUT2D eigenvalue weighted by atomic mass is 10.0. The number of phenols is 1. The van der Waals surface area contributed by atoms with E-state index in [4.69, 9.17) is 16.3 Å². The minimum absolute atomic E-state index is 0.0240. The number of rotatable bonds is 8. The molecule has 0 aromatic heterocycles. The van der Waals surface area contributed by atoms with Gasteiger partial charge in [0.25, 0.3) is 5.91 Å². The lowest BCUT2D eigenvalue weighted by Gasteiger charge is -2.09. The quantitative estimate of drug-likeness (QED) is 0.374. The van der Waals surface area contributed by atoms with Gasteiger partial charge in [-0.2, -0.15) is 5.10 Å². The molecule has 3 aromatic rings. The van der Waals surface area contributed by atoms with Crippen LogP contribution in [0.15, 0.2) is 71.8 Å². The maximum Gasteiger partial charge on any atom is 0.259 e. The highest BCUT2D eigenvalue weighted by molar-refractivity contribution is 6.31. The number of methoxy groups -OCH3 is 1. The maximum atomic E-state index is 12.0. The van der Waals surface area contributed by atoms with Gasteiger partial charge in [-0.05, 0) is 47.9 Å². The van der Waals surface area contributed by atoms with Gasteiger partial charge < -0.3 is 15.2 Å². The highest BCUT2D eigenvalue weighted by atomic mass is 35.5. The fourth-order valence-corrected chi connectivity index (χ4v) is 3.06. The van der Waals surface area contributed by atoms with Gasteiger partial charge >= 0.3 is 0 Å². The van der Waals surface area contributed by atoms with Crippen LogP contribution in [0.4, 0.5) is 5.69 Å². The first-order chi connectivity index (χ1) is 14.6. The molecule has 0 saturated heterocycles. The molecule has 3 N–H and O–H groups in total. The van der Waals surface area contributed by atoms with Crippen molar-refractivity contribution in [1.29, 1.82) is 0 Å². The summed E-state index contributed by atoms with van der Waals surface area (Å²) in [7, 11) is 1.57. The molecule has 30 heavy (non-hydrogen) atoms. The third kappa shape index (κ3) is 5.75. The molecule has 0 saturated carbocycles. The molecule has 0 fully saturated rings. The van der Waals surface area contributed by atoms with Crippen LogP contribution in [0.1, 0.15) is 16.7 Å². The zero-order chi connectivity index (χ0) is 21.3. The van der Waals surface area contributed by atoms with Crippen LogP contribution in [0.5, 0.6) is 11.5 Å². The van der Waals surface area contributed by atoms with E-state index < -0.39 is 0 Å². The van der Waals surface area contributed by atoms with E-state index in [1.807, 2.05) is 48.5 Å². The van der Waals surface area contributed by atoms with Crippen LogP contribution >= 0.6 is 11.6 Å². The molecule has 0 radical (unpaired) electrons. The first-order valence-corrected chi connectivity index (χ1v) is 9.68. The number of nitrogens with zero attached hydrogens (tertiary/aromatic N) is 1. The van der Waals surface area contributed by atoms with Crippen LogP contribution < -0.4 is 15.5 Å². The number of ether oxygens (including phenoxy) is 1. The lowest BCUT2D eigenvalue weighted by Crippen LogP contribution is -2.26. The summed E-state index contributed by atoms with van der Waals surface area (Å²) in [6.07, 6.45) is 2.03. The smallest absolute Gasteiger partial charge is 0.259 e. The third-order valence-corrected chi connectivity index (χ3v) is 4.75. The van der Waals surface area contributed by atoms with Gasteiger partial charge in [0.2, 0.25) is 0 Å². The molecule has 0 aliphatic rings. The highest BCUT2D eigenvalue weighted by Gasteiger charge is 2.06. The number of aromatic hydroxyl groups is 1. The number of benzene rings is 3. The van der Waals surface area contributed by atoms with Crippen molar-refractivity contribution < 1.29 is 14.6 Å². The molecule has 1 amide bonds. The SMILES string of the molecule is COc1ccccc1NCC(=O)N/N=C/c1cc(Cc2ccccc2Cl)ccc1O. The van der Waals surface area contributed by atoms with Crippen molar-refractivity contribution in [1.82, 2.24) is 5.43 Å². The van der Waals surface area contributed by atoms with E-state index >= 15 is 0 Å². The van der Waals surface area contributed by atoms with Gasteiger partial charge in [-0.1, -0.05) is 48.0 Å². The summed E-state index contributed by atoms with van der Waals surface area (Å²) in [5, 5.41) is 17.7. The third-order valence-electron chi connectivity index (χ3n) is 4.38. The van der Waals surface area contributed by atoms with Gasteiger partial charge in [-0.25, -0.2) is 5.43 Å². The van der Waals surface area contributed by atoms with Crippen molar-refractivity contribution in [2.24, 2.45) is 5.10 Å². The molecule has 0 spiro atoms. The average Bonchev–Trinajstić information content (AvgIpc) is 2.76. The first kappa shape index (κ1) is 21.2. The molecule has 0 aliphatic carbocycles. The summed E-state index contributed by atoms with van der Waals surface area (Å²) < 4.78 is 5.23. The Hall–Kier alpha value is -3.51. The number of amides is 1. The van der Waals surface area contributed by atoms with Crippen LogP contribution in [0.2, 0.25) is 5.02 Å². The van der Waals surface area contributed by atoms with E-state index in [1.54, 1.807) is 25.3 Å². The maximum absolute atomic E-state index is 12.0. The number of nitrogens with one attached hydrogen (secondary N) is 2. The van der Waals surface area contributed by atoms with Gasteiger partial charge in [0.05, 0.1) is 25.6 Å². The van der Waals surface area contributed by atoms with Crippen LogP contribution in [0.25, 0.3) is 0 Å². The number of hydrogen-bond donors (Lipinski definition) is 3. The number of halogens is 1. The Morgan fingerprint density at radius 2 is 1.90 bits per heavy atom. The van der Waals surface area contributed by atoms with Gasteiger partial charge in [0, 0.05) is 10.6 Å². The molecule has 7 heteroatoms. The van der Waals surface area contributed by atoms with Crippen molar-refractivity contribution in [3.8, 4) is 11.5 Å². The molecule has 0 aliphatic heterocycles. The van der Waals surface area contributed by atoms with E-state index in [0.717, 1.165) is 11.1 Å². The van der Waals surface area contributed by atoms with E-state index in [0.29, 0.717) is 28.4 Å². The van der Waals surface area contributed by atoms with Crippen molar-refractivity contribution in [2.75, 3.05) is 19.0 Å². The summed E-state index contributed by atoms with van der Waals surface area (Å²) in [5.41, 5.74) is 5.60. The molecular weight excluding hydrogens is 402 g/mol. The van der Waals surface area contributed by atoms with Crippen LogP contribution in [0.3, 0.4) is 0 Å². The first-order valence-electron chi connectivity index (χ1n) is 9.31. The molecule has 3 rings (SSSR count). The van der Waals surface area contributed by atoms with E-state index in [-0.39, 0.29) is 18.2 Å². The van der Waals surface area contributed by atoms with Gasteiger partial charge in [0.15, 0.2) is 0 Å². The van der Waals surface area contributed by atoms with Crippen molar-refractivity contribution in [3.05, 3.63) is 88.4 Å². The molecule has 6 nitrogen and oxygen atoms in total. The highest BCUT2D eigenvalue weighted by Crippen LogP contribution is 2.23. The fourth-order valence-electron chi connectivity index (χ4n) is 2.86. The minimum atomic E-state index is -0.330. The average molecular weight is 424 g/mol. The molecular formula is C23H22ClN3O3. The van der Waals surface area contributed by atoms with Gasteiger partial charge in [0.1, 0.15) is 11.5 Å². The molecule has 0 atom stereocenters. The normalized spacial score (nSPS) is 10.7. The monoisotopic (exact) mass is 423 g/mol. The molecule has 0 heterocycles. The second kappa shape index (κ2) is 10.3. The summed E-state index contributed by atoms with van der Waals surface area (Å²) in [5.74, 6) is 0.390. The molecule has 0 bridgehead atoms. The number of hydrogen-bond acceptors (Lipinski definition) is 5. The predicted molar refractivity (Wildman–Crippen MR) is 120 cm³/mol. The number of hydrazone groups is 1. The van der Waals surface area contributed by atoms with Crippen molar-refractivity contribution >= 4 is 29.4 Å². The van der Waals surface area contributed by atoms with Crippen LogP contribution in [0, 0.1) is 0 Å². The standard InChI is InChI=1S/C23H22ClN3O3/c1-30-22-9-5-4-8-20(22)25-15-23(29)27-26-14-18-13-16(10-11-21(18)28)12-17-6-2-3-7-19(17)24/h2-11,13-14,25,28H,12,15H2,1H3,(H,27,29)/b26-14+. The Morgan fingerprint density at radius 3 is 2.70 bits per heavy atom. The van der Waals surface area contributed by atoms with Gasteiger partial charge in [-0.3, -0.25) is 4.79 Å². The zero-order valence-electron chi connectivity index (χ0n) is 16.4. The Morgan fingerprint density at radius 1 is 1.13 bits per heavy atom. The number of carbonyl (C=O) groups is 1. The number of phenolic OH excluding ortho intramolecular Hbond substituents is 1. The predicted octanol–water partition coefficient (Wildman–Crippen LogP) is 4.21. The second-order valence-electron chi connectivity index (χ2n) is 6.51. The molecule has 3 aromatic carbocycles. The summed E-state index contributed by atoms with van der Waals surface area (Å²) in [4.78, 5) is 12.0. The Bertz CT molecular complexity index is 1050. The largest absolute Gasteiger partial charge is 0.507 e. The second-order valence-corrected chi connectivity index (χ2v) is 6.92.